The van der Waals surface area contributed by atoms with E-state index in [9.17, 15) is 0 Å². The fourth-order valence-electron chi connectivity index (χ4n) is 7.48. The Bertz CT molecular complexity index is 2640. The van der Waals surface area contributed by atoms with Crippen molar-refractivity contribution in [3.63, 3.8) is 0 Å². The first-order valence-corrected chi connectivity index (χ1v) is 16.6. The van der Waals surface area contributed by atoms with Gasteiger partial charge >= 0.3 is 0 Å². The first-order chi connectivity index (χ1) is 22.8. The summed E-state index contributed by atoms with van der Waals surface area (Å²) in [5.74, 6) is 0. The first kappa shape index (κ1) is 25.7. The van der Waals surface area contributed by atoms with Crippen LogP contribution in [0.2, 0.25) is 0 Å². The van der Waals surface area contributed by atoms with Gasteiger partial charge in [-0.2, -0.15) is 0 Å². The molecule has 1 nitrogen and oxygen atoms in total. The smallest absolute Gasteiger partial charge is 0.0619 e. The maximum absolute atomic E-state index is 2.47. The topological polar surface area (TPSA) is 4.93 Å². The van der Waals surface area contributed by atoms with Crippen molar-refractivity contribution in [1.82, 2.24) is 4.57 Å². The van der Waals surface area contributed by atoms with Crippen LogP contribution < -0.4 is 0 Å². The average Bonchev–Trinajstić information content (AvgIpc) is 3.47. The fourth-order valence-corrected chi connectivity index (χ4v) is 8.61. The number of para-hydroxylation sites is 2. The SMILES string of the molecule is c1ccc(-n2c3c(-c4ccc(-c5ccc6c(c5)-c5cccc7cccc(c57)S6)cc4)cccc3c3ccc4ccccc4c32)cc1. The molecule has 0 unspecified atom stereocenters. The van der Waals surface area contributed by atoms with E-state index in [0.29, 0.717) is 0 Å². The van der Waals surface area contributed by atoms with Gasteiger partial charge in [0.1, 0.15) is 0 Å². The van der Waals surface area contributed by atoms with Gasteiger partial charge in [-0.1, -0.05) is 145 Å². The summed E-state index contributed by atoms with van der Waals surface area (Å²) in [4.78, 5) is 2.66. The molecule has 0 saturated carbocycles. The monoisotopic (exact) mass is 601 g/mol. The van der Waals surface area contributed by atoms with Gasteiger partial charge < -0.3 is 4.57 Å². The van der Waals surface area contributed by atoms with E-state index in [1.165, 1.54) is 92.2 Å². The molecular formula is C44H27NS. The van der Waals surface area contributed by atoms with Gasteiger partial charge in [0, 0.05) is 42.6 Å². The minimum absolute atomic E-state index is 1.17. The van der Waals surface area contributed by atoms with E-state index in [-0.39, 0.29) is 0 Å². The lowest BCUT2D eigenvalue weighted by Gasteiger charge is -2.21. The van der Waals surface area contributed by atoms with Crippen molar-refractivity contribution >= 4 is 55.1 Å². The highest BCUT2D eigenvalue weighted by molar-refractivity contribution is 7.99. The van der Waals surface area contributed by atoms with E-state index < -0.39 is 0 Å². The third-order valence-electron chi connectivity index (χ3n) is 9.57. The second-order valence-electron chi connectivity index (χ2n) is 12.1. The first-order valence-electron chi connectivity index (χ1n) is 15.8. The van der Waals surface area contributed by atoms with Crippen LogP contribution in [0.1, 0.15) is 0 Å². The lowest BCUT2D eigenvalue weighted by atomic mass is 9.94. The molecule has 9 aromatic rings. The largest absolute Gasteiger partial charge is 0.308 e. The maximum atomic E-state index is 2.47. The molecule has 10 rings (SSSR count). The molecule has 1 aromatic heterocycles. The minimum Gasteiger partial charge on any atom is -0.308 e. The van der Waals surface area contributed by atoms with Crippen LogP contribution in [0.3, 0.4) is 0 Å². The molecule has 1 aliphatic rings. The predicted octanol–water partition coefficient (Wildman–Crippen LogP) is 12.6. The van der Waals surface area contributed by atoms with Crippen LogP contribution >= 0.6 is 11.8 Å². The Kier molecular flexibility index (Phi) is 5.58. The van der Waals surface area contributed by atoms with Crippen LogP contribution in [-0.4, -0.2) is 4.57 Å². The van der Waals surface area contributed by atoms with Gasteiger partial charge in [0.15, 0.2) is 0 Å². The Morgan fingerprint density at radius 3 is 1.93 bits per heavy atom. The average molecular weight is 602 g/mol. The second-order valence-corrected chi connectivity index (χ2v) is 13.2. The summed E-state index contributed by atoms with van der Waals surface area (Å²) >= 11 is 1.88. The van der Waals surface area contributed by atoms with Crippen LogP contribution in [0.15, 0.2) is 174 Å². The van der Waals surface area contributed by atoms with Crippen molar-refractivity contribution < 1.29 is 0 Å². The Hall–Kier alpha value is -5.57. The van der Waals surface area contributed by atoms with E-state index in [2.05, 4.69) is 168 Å². The van der Waals surface area contributed by atoms with Gasteiger partial charge in [0.05, 0.1) is 11.0 Å². The zero-order valence-corrected chi connectivity index (χ0v) is 25.8. The molecule has 0 saturated heterocycles. The molecule has 0 atom stereocenters. The molecule has 0 amide bonds. The molecule has 0 aliphatic carbocycles. The Labute approximate surface area is 271 Å². The van der Waals surface area contributed by atoms with Crippen LogP contribution in [0.5, 0.6) is 0 Å². The van der Waals surface area contributed by atoms with Crippen LogP contribution in [0.25, 0.3) is 82.4 Å². The molecule has 46 heavy (non-hydrogen) atoms. The third kappa shape index (κ3) is 3.77. The number of rotatable bonds is 3. The number of fused-ring (bicyclic) bond motifs is 7. The number of benzene rings is 8. The van der Waals surface area contributed by atoms with Gasteiger partial charge in [0.2, 0.25) is 0 Å². The molecule has 2 heterocycles. The van der Waals surface area contributed by atoms with Gasteiger partial charge in [-0.25, -0.2) is 0 Å². The van der Waals surface area contributed by atoms with E-state index in [4.69, 9.17) is 0 Å². The summed E-state index contributed by atoms with van der Waals surface area (Å²) in [6.07, 6.45) is 0. The summed E-state index contributed by atoms with van der Waals surface area (Å²) < 4.78 is 2.47. The standard InChI is InChI=1S/C44H27NS/c1-2-12-33(13-3-1)45-43-35(15-8-17-37(43)38-25-23-29-9-4-5-14-34(29)44(38)45)30-21-19-28(20-22-30)32-24-26-40-39(27-32)36-16-6-10-31-11-7-18-41(46-40)42(31)36/h1-27H. The molecule has 1 aliphatic heterocycles. The lowest BCUT2D eigenvalue weighted by Crippen LogP contribution is -1.96. The predicted molar refractivity (Wildman–Crippen MR) is 196 cm³/mol. The highest BCUT2D eigenvalue weighted by Crippen LogP contribution is 2.49. The zero-order valence-electron chi connectivity index (χ0n) is 24.9. The minimum atomic E-state index is 1.17. The number of hydrogen-bond acceptors (Lipinski definition) is 1. The van der Waals surface area contributed by atoms with Crippen LogP contribution in [0, 0.1) is 0 Å². The highest BCUT2D eigenvalue weighted by atomic mass is 32.2. The van der Waals surface area contributed by atoms with Crippen molar-refractivity contribution in [1.29, 1.82) is 0 Å². The third-order valence-corrected chi connectivity index (χ3v) is 10.7. The van der Waals surface area contributed by atoms with Gasteiger partial charge in [-0.15, -0.1) is 0 Å². The zero-order chi connectivity index (χ0) is 30.2. The number of nitrogens with zero attached hydrogens (tertiary/aromatic N) is 1. The molecule has 0 fully saturated rings. The fraction of sp³-hybridized carbons (Fsp3) is 0. The van der Waals surface area contributed by atoms with Crippen molar-refractivity contribution in [2.45, 2.75) is 9.79 Å². The number of hydrogen-bond donors (Lipinski definition) is 0. The Balaban J connectivity index is 1.14. The van der Waals surface area contributed by atoms with Crippen molar-refractivity contribution in [2.24, 2.45) is 0 Å². The number of aromatic nitrogens is 1. The van der Waals surface area contributed by atoms with Gasteiger partial charge in [-0.3, -0.25) is 0 Å². The molecule has 0 spiro atoms. The Morgan fingerprint density at radius 1 is 0.370 bits per heavy atom. The maximum Gasteiger partial charge on any atom is 0.0619 e. The summed E-state index contributed by atoms with van der Waals surface area (Å²) in [5.41, 5.74) is 11.2. The molecular weight excluding hydrogens is 575 g/mol. The molecule has 0 N–H and O–H groups in total. The summed E-state index contributed by atoms with van der Waals surface area (Å²) in [7, 11) is 0. The molecule has 0 radical (unpaired) electrons. The van der Waals surface area contributed by atoms with Crippen molar-refractivity contribution in [3.8, 4) is 39.1 Å². The van der Waals surface area contributed by atoms with Crippen LogP contribution in [0.4, 0.5) is 0 Å². The van der Waals surface area contributed by atoms with Crippen LogP contribution in [-0.2, 0) is 0 Å². The van der Waals surface area contributed by atoms with E-state index in [1.54, 1.807) is 0 Å². The van der Waals surface area contributed by atoms with Gasteiger partial charge in [0.25, 0.3) is 0 Å². The van der Waals surface area contributed by atoms with Gasteiger partial charge in [-0.05, 0) is 68.9 Å². The highest BCUT2D eigenvalue weighted by Gasteiger charge is 2.21. The second kappa shape index (κ2) is 9.97. The lowest BCUT2D eigenvalue weighted by molar-refractivity contribution is 1.19. The molecule has 214 valence electrons. The summed E-state index contributed by atoms with van der Waals surface area (Å²) in [5, 5.41) is 7.74. The van der Waals surface area contributed by atoms with Crippen molar-refractivity contribution in [3.05, 3.63) is 164 Å². The summed E-state index contributed by atoms with van der Waals surface area (Å²) in [6, 6.07) is 60.2. The van der Waals surface area contributed by atoms with E-state index in [0.717, 1.165) is 0 Å². The molecule has 2 heteroatoms. The molecule has 0 bridgehead atoms. The van der Waals surface area contributed by atoms with Crippen molar-refractivity contribution in [2.75, 3.05) is 0 Å². The van der Waals surface area contributed by atoms with E-state index in [1.807, 2.05) is 11.8 Å². The Morgan fingerprint density at radius 2 is 1.04 bits per heavy atom. The summed E-state index contributed by atoms with van der Waals surface area (Å²) in [6.45, 7) is 0. The quantitative estimate of drug-likeness (QED) is 0.195. The molecule has 8 aromatic carbocycles. The van der Waals surface area contributed by atoms with E-state index >= 15 is 0 Å². The normalized spacial score (nSPS) is 12.3.